The van der Waals surface area contributed by atoms with Gasteiger partial charge >= 0.3 is 0 Å². The van der Waals surface area contributed by atoms with E-state index in [1.54, 1.807) is 12.3 Å². The summed E-state index contributed by atoms with van der Waals surface area (Å²) < 4.78 is 22.2. The predicted octanol–water partition coefficient (Wildman–Crippen LogP) is 0.667. The molecule has 96 valence electrons. The minimum Gasteiger partial charge on any atom is -0.256 e. The molecule has 3 aromatic rings. The van der Waals surface area contributed by atoms with E-state index in [0.29, 0.717) is 5.56 Å². The normalized spacial score (nSPS) is 11.8. The van der Waals surface area contributed by atoms with Gasteiger partial charge in [0.1, 0.15) is 0 Å². The first kappa shape index (κ1) is 11.8. The van der Waals surface area contributed by atoms with Crippen LogP contribution >= 0.6 is 0 Å². The van der Waals surface area contributed by atoms with Crippen LogP contribution in [0.1, 0.15) is 0 Å². The Balaban J connectivity index is 2.11. The van der Waals surface area contributed by atoms with Crippen molar-refractivity contribution in [2.24, 2.45) is 5.14 Å². The molecule has 0 aliphatic rings. The molecule has 0 unspecified atom stereocenters. The van der Waals surface area contributed by atoms with Crippen LogP contribution in [0.5, 0.6) is 0 Å². The van der Waals surface area contributed by atoms with Gasteiger partial charge in [0.05, 0.1) is 5.52 Å². The highest BCUT2D eigenvalue weighted by Gasteiger charge is 2.15. The van der Waals surface area contributed by atoms with Crippen molar-refractivity contribution in [3.05, 3.63) is 36.5 Å². The number of H-pyrrole nitrogens is 1. The summed E-state index contributed by atoms with van der Waals surface area (Å²) in [7, 11) is -3.87. The van der Waals surface area contributed by atoms with Crippen LogP contribution in [0.4, 0.5) is 0 Å². The Kier molecular flexibility index (Phi) is 2.54. The molecule has 0 fully saturated rings. The zero-order chi connectivity index (χ0) is 13.5. The van der Waals surface area contributed by atoms with Crippen molar-refractivity contribution in [3.63, 3.8) is 0 Å². The highest BCUT2D eigenvalue weighted by atomic mass is 32.2. The molecular formula is C11H9N5O2S. The average molecular weight is 275 g/mol. The Hall–Kier alpha value is -2.32. The number of primary sulfonamides is 1. The third-order valence-electron chi connectivity index (χ3n) is 2.60. The zero-order valence-electron chi connectivity index (χ0n) is 9.61. The standard InChI is InChI=1S/C11H9N5O2S/c12-19(17,18)11-14-10(15-16-11)8-3-4-9-7(6-8)2-1-5-13-9/h1-6H,(H2,12,17,18)(H,14,15,16). The molecular weight excluding hydrogens is 266 g/mol. The number of benzene rings is 1. The van der Waals surface area contributed by atoms with Gasteiger partial charge in [0.25, 0.3) is 15.2 Å². The summed E-state index contributed by atoms with van der Waals surface area (Å²) in [5.41, 5.74) is 1.53. The molecule has 3 N–H and O–H groups in total. The average Bonchev–Trinajstić information content (AvgIpc) is 2.87. The molecule has 2 heterocycles. The van der Waals surface area contributed by atoms with E-state index in [-0.39, 0.29) is 11.0 Å². The first-order valence-corrected chi connectivity index (χ1v) is 6.89. The van der Waals surface area contributed by atoms with Crippen molar-refractivity contribution in [1.82, 2.24) is 20.2 Å². The highest BCUT2D eigenvalue weighted by molar-refractivity contribution is 7.89. The second-order valence-corrected chi connectivity index (χ2v) is 5.40. The maximum absolute atomic E-state index is 11.1. The summed E-state index contributed by atoms with van der Waals surface area (Å²) in [6.45, 7) is 0. The Morgan fingerprint density at radius 2 is 2.05 bits per heavy atom. The molecule has 0 bridgehead atoms. The molecule has 0 atom stereocenters. The highest BCUT2D eigenvalue weighted by Crippen LogP contribution is 2.20. The Bertz CT molecular complexity index is 856. The lowest BCUT2D eigenvalue weighted by molar-refractivity contribution is 0.589. The number of nitrogens with two attached hydrogens (primary N) is 1. The Labute approximate surface area is 108 Å². The van der Waals surface area contributed by atoms with Crippen LogP contribution < -0.4 is 5.14 Å². The fourth-order valence-corrected chi connectivity index (χ4v) is 2.10. The van der Waals surface area contributed by atoms with Crippen LogP contribution in [-0.4, -0.2) is 28.6 Å². The molecule has 0 saturated heterocycles. The van der Waals surface area contributed by atoms with Crippen molar-refractivity contribution in [3.8, 4) is 11.4 Å². The Morgan fingerprint density at radius 1 is 1.21 bits per heavy atom. The lowest BCUT2D eigenvalue weighted by atomic mass is 10.1. The molecule has 0 amide bonds. The lowest BCUT2D eigenvalue weighted by Crippen LogP contribution is -2.13. The molecule has 1 aromatic carbocycles. The minimum absolute atomic E-state index is 0.273. The molecule has 0 saturated carbocycles. The third-order valence-corrected chi connectivity index (χ3v) is 3.32. The van der Waals surface area contributed by atoms with Gasteiger partial charge in [-0.15, -0.1) is 0 Å². The molecule has 3 rings (SSSR count). The van der Waals surface area contributed by atoms with Crippen molar-refractivity contribution < 1.29 is 8.42 Å². The molecule has 7 nitrogen and oxygen atoms in total. The number of hydrogen-bond acceptors (Lipinski definition) is 5. The van der Waals surface area contributed by atoms with Crippen molar-refractivity contribution in [2.75, 3.05) is 0 Å². The van der Waals surface area contributed by atoms with Crippen LogP contribution in [0.15, 0.2) is 41.7 Å². The van der Waals surface area contributed by atoms with Gasteiger partial charge in [0, 0.05) is 17.1 Å². The SMILES string of the molecule is NS(=O)(=O)c1nc(-c2ccc3ncccc3c2)n[nH]1. The number of sulfonamides is 1. The summed E-state index contributed by atoms with van der Waals surface area (Å²) in [4.78, 5) is 8.05. The smallest absolute Gasteiger partial charge is 0.256 e. The van der Waals surface area contributed by atoms with Crippen molar-refractivity contribution >= 4 is 20.9 Å². The van der Waals surface area contributed by atoms with E-state index >= 15 is 0 Å². The largest absolute Gasteiger partial charge is 0.273 e. The van der Waals surface area contributed by atoms with E-state index < -0.39 is 10.0 Å². The summed E-state index contributed by atoms with van der Waals surface area (Å²) in [6, 6.07) is 9.14. The van der Waals surface area contributed by atoms with Crippen molar-refractivity contribution in [1.29, 1.82) is 0 Å². The van der Waals surface area contributed by atoms with Gasteiger partial charge in [0.2, 0.25) is 0 Å². The molecule has 0 aliphatic heterocycles. The van der Waals surface area contributed by atoms with E-state index in [0.717, 1.165) is 10.9 Å². The predicted molar refractivity (Wildman–Crippen MR) is 68.5 cm³/mol. The number of nitrogens with zero attached hydrogens (tertiary/aromatic N) is 3. The number of nitrogens with one attached hydrogen (secondary N) is 1. The Morgan fingerprint density at radius 3 is 2.79 bits per heavy atom. The first-order chi connectivity index (χ1) is 9.04. The molecule has 19 heavy (non-hydrogen) atoms. The van der Waals surface area contributed by atoms with Gasteiger partial charge in [-0.2, -0.15) is 10.1 Å². The van der Waals surface area contributed by atoms with Gasteiger partial charge < -0.3 is 0 Å². The van der Waals surface area contributed by atoms with Gasteiger partial charge in [0.15, 0.2) is 5.82 Å². The van der Waals surface area contributed by atoms with E-state index in [4.69, 9.17) is 5.14 Å². The quantitative estimate of drug-likeness (QED) is 0.713. The van der Waals surface area contributed by atoms with E-state index in [9.17, 15) is 8.42 Å². The molecule has 0 aliphatic carbocycles. The number of fused-ring (bicyclic) bond motifs is 1. The summed E-state index contributed by atoms with van der Waals surface area (Å²) >= 11 is 0. The van der Waals surface area contributed by atoms with Crippen LogP contribution in [0, 0.1) is 0 Å². The minimum atomic E-state index is -3.87. The second-order valence-electron chi connectivity index (χ2n) is 3.92. The van der Waals surface area contributed by atoms with Crippen LogP contribution in [0.3, 0.4) is 0 Å². The van der Waals surface area contributed by atoms with Crippen LogP contribution in [0.2, 0.25) is 0 Å². The van der Waals surface area contributed by atoms with Gasteiger partial charge in [-0.1, -0.05) is 6.07 Å². The molecule has 0 spiro atoms. The zero-order valence-corrected chi connectivity index (χ0v) is 10.4. The number of aromatic amines is 1. The summed E-state index contributed by atoms with van der Waals surface area (Å²) in [6.07, 6.45) is 1.70. The topological polar surface area (TPSA) is 115 Å². The number of hydrogen-bond donors (Lipinski definition) is 2. The van der Waals surface area contributed by atoms with Crippen molar-refractivity contribution in [2.45, 2.75) is 5.16 Å². The molecule has 0 radical (unpaired) electrons. The van der Waals surface area contributed by atoms with Gasteiger partial charge in [-0.3, -0.25) is 4.98 Å². The lowest BCUT2D eigenvalue weighted by Gasteiger charge is -1.98. The van der Waals surface area contributed by atoms with Crippen LogP contribution in [0.25, 0.3) is 22.3 Å². The summed E-state index contributed by atoms with van der Waals surface area (Å²) in [5.74, 6) is 0.273. The van der Waals surface area contributed by atoms with E-state index in [2.05, 4.69) is 20.2 Å². The maximum atomic E-state index is 11.1. The van der Waals surface area contributed by atoms with E-state index in [1.165, 1.54) is 0 Å². The number of pyridine rings is 1. The fourth-order valence-electron chi connectivity index (χ4n) is 1.72. The monoisotopic (exact) mass is 275 g/mol. The van der Waals surface area contributed by atoms with Gasteiger partial charge in [-0.25, -0.2) is 18.7 Å². The van der Waals surface area contributed by atoms with Gasteiger partial charge in [-0.05, 0) is 24.3 Å². The van der Waals surface area contributed by atoms with E-state index in [1.807, 2.05) is 24.3 Å². The fraction of sp³-hybridized carbons (Fsp3) is 0. The second kappa shape index (κ2) is 4.11. The summed E-state index contributed by atoms with van der Waals surface area (Å²) in [5, 5.41) is 11.7. The molecule has 8 heteroatoms. The first-order valence-electron chi connectivity index (χ1n) is 5.34. The number of rotatable bonds is 2. The maximum Gasteiger partial charge on any atom is 0.273 e. The molecule has 2 aromatic heterocycles. The third kappa shape index (κ3) is 2.18. The van der Waals surface area contributed by atoms with Crippen LogP contribution in [-0.2, 0) is 10.0 Å². The number of aromatic nitrogens is 4.